The molecule has 0 spiro atoms. The van der Waals surface area contributed by atoms with E-state index in [1.807, 2.05) is 6.07 Å². The van der Waals surface area contributed by atoms with Gasteiger partial charge in [-0.3, -0.25) is 0 Å². The Hall–Kier alpha value is -2.16. The van der Waals surface area contributed by atoms with Crippen molar-refractivity contribution in [2.75, 3.05) is 25.1 Å². The summed E-state index contributed by atoms with van der Waals surface area (Å²) in [4.78, 5) is 0. The maximum Gasteiger partial charge on any atom is 0.161 e. The Morgan fingerprint density at radius 1 is 0.905 bits per heavy atom. The molecule has 2 aliphatic rings. The molecule has 0 bridgehead atoms. The summed E-state index contributed by atoms with van der Waals surface area (Å²) in [5.41, 5.74) is 5.19. The minimum atomic E-state index is 0.727. The van der Waals surface area contributed by atoms with Gasteiger partial charge in [0.1, 0.15) is 0 Å². The van der Waals surface area contributed by atoms with E-state index in [0.717, 1.165) is 44.1 Å². The minimum absolute atomic E-state index is 0.727. The van der Waals surface area contributed by atoms with E-state index in [4.69, 9.17) is 9.47 Å². The average molecular weight is 281 g/mol. The molecule has 0 saturated carbocycles. The van der Waals surface area contributed by atoms with Crippen molar-refractivity contribution in [2.24, 2.45) is 0 Å². The molecule has 21 heavy (non-hydrogen) atoms. The SMILES string of the molecule is c1cc2c(c(-c3ccc4c(c3)OCCCO4)c1)CCCN2. The van der Waals surface area contributed by atoms with Crippen molar-refractivity contribution < 1.29 is 9.47 Å². The number of fused-ring (bicyclic) bond motifs is 2. The first-order valence-electron chi connectivity index (χ1n) is 7.67. The number of rotatable bonds is 1. The van der Waals surface area contributed by atoms with Crippen molar-refractivity contribution in [1.82, 2.24) is 0 Å². The number of anilines is 1. The van der Waals surface area contributed by atoms with Gasteiger partial charge in [0.25, 0.3) is 0 Å². The number of ether oxygens (including phenoxy) is 2. The lowest BCUT2D eigenvalue weighted by Gasteiger charge is -2.21. The third-order valence-corrected chi connectivity index (χ3v) is 4.15. The summed E-state index contributed by atoms with van der Waals surface area (Å²) in [6, 6.07) is 12.8. The van der Waals surface area contributed by atoms with Gasteiger partial charge in [0.15, 0.2) is 11.5 Å². The molecule has 3 nitrogen and oxygen atoms in total. The first-order valence-corrected chi connectivity index (χ1v) is 7.67. The maximum atomic E-state index is 5.81. The van der Waals surface area contributed by atoms with Crippen LogP contribution < -0.4 is 14.8 Å². The summed E-state index contributed by atoms with van der Waals surface area (Å²) in [6.45, 7) is 2.53. The number of hydrogen-bond acceptors (Lipinski definition) is 3. The van der Waals surface area contributed by atoms with Crippen molar-refractivity contribution >= 4 is 5.69 Å². The largest absolute Gasteiger partial charge is 0.490 e. The number of nitrogens with one attached hydrogen (secondary N) is 1. The fourth-order valence-electron chi connectivity index (χ4n) is 3.11. The highest BCUT2D eigenvalue weighted by Gasteiger charge is 2.16. The normalized spacial score (nSPS) is 16.6. The van der Waals surface area contributed by atoms with Crippen molar-refractivity contribution in [3.8, 4) is 22.6 Å². The van der Waals surface area contributed by atoms with Crippen molar-refractivity contribution in [2.45, 2.75) is 19.3 Å². The molecule has 0 amide bonds. The minimum Gasteiger partial charge on any atom is -0.490 e. The Kier molecular flexibility index (Phi) is 3.18. The second-order valence-electron chi connectivity index (χ2n) is 5.57. The van der Waals surface area contributed by atoms with E-state index in [-0.39, 0.29) is 0 Å². The molecule has 4 rings (SSSR count). The lowest BCUT2D eigenvalue weighted by molar-refractivity contribution is 0.297. The van der Waals surface area contributed by atoms with Gasteiger partial charge in [0.05, 0.1) is 13.2 Å². The number of hydrogen-bond donors (Lipinski definition) is 1. The predicted octanol–water partition coefficient (Wildman–Crippen LogP) is 3.87. The van der Waals surface area contributed by atoms with Gasteiger partial charge in [0, 0.05) is 18.7 Å². The molecule has 0 atom stereocenters. The monoisotopic (exact) mass is 281 g/mol. The van der Waals surface area contributed by atoms with Gasteiger partial charge in [0.2, 0.25) is 0 Å². The second-order valence-corrected chi connectivity index (χ2v) is 5.57. The molecule has 0 radical (unpaired) electrons. The summed E-state index contributed by atoms with van der Waals surface area (Å²) < 4.78 is 11.5. The van der Waals surface area contributed by atoms with Gasteiger partial charge in [-0.1, -0.05) is 18.2 Å². The molecule has 2 aliphatic heterocycles. The second kappa shape index (κ2) is 5.32. The van der Waals surface area contributed by atoms with Crippen molar-refractivity contribution in [3.63, 3.8) is 0 Å². The topological polar surface area (TPSA) is 30.5 Å². The highest BCUT2D eigenvalue weighted by Crippen LogP contribution is 2.38. The fourth-order valence-corrected chi connectivity index (χ4v) is 3.11. The van der Waals surface area contributed by atoms with E-state index >= 15 is 0 Å². The van der Waals surface area contributed by atoms with Crippen LogP contribution in [-0.4, -0.2) is 19.8 Å². The van der Waals surface area contributed by atoms with Crippen molar-refractivity contribution in [3.05, 3.63) is 42.0 Å². The van der Waals surface area contributed by atoms with Gasteiger partial charge < -0.3 is 14.8 Å². The summed E-state index contributed by atoms with van der Waals surface area (Å²) in [7, 11) is 0. The summed E-state index contributed by atoms with van der Waals surface area (Å²) in [5, 5.41) is 3.49. The first-order chi connectivity index (χ1) is 10.4. The molecule has 0 unspecified atom stereocenters. The molecule has 0 aliphatic carbocycles. The van der Waals surface area contributed by atoms with E-state index < -0.39 is 0 Å². The Morgan fingerprint density at radius 2 is 1.81 bits per heavy atom. The first kappa shape index (κ1) is 12.6. The molecular formula is C18H19NO2. The number of benzene rings is 2. The van der Waals surface area contributed by atoms with Gasteiger partial charge in [-0.15, -0.1) is 0 Å². The maximum absolute atomic E-state index is 5.81. The predicted molar refractivity (Wildman–Crippen MR) is 84.3 cm³/mol. The van der Waals surface area contributed by atoms with E-state index in [1.54, 1.807) is 0 Å². The van der Waals surface area contributed by atoms with Crippen LogP contribution >= 0.6 is 0 Å². The standard InChI is InChI=1S/C18H19NO2/c1-4-14(15-5-2-9-19-16(15)6-1)13-7-8-17-18(12-13)21-11-3-10-20-17/h1,4,6-8,12,19H,2-3,5,9-11H2. The Bertz CT molecular complexity index is 666. The van der Waals surface area contributed by atoms with Crippen LogP contribution in [0.25, 0.3) is 11.1 Å². The van der Waals surface area contributed by atoms with Crippen LogP contribution in [0.3, 0.4) is 0 Å². The third-order valence-electron chi connectivity index (χ3n) is 4.15. The van der Waals surface area contributed by atoms with Crippen LogP contribution in [0.15, 0.2) is 36.4 Å². The van der Waals surface area contributed by atoms with Crippen LogP contribution in [0.2, 0.25) is 0 Å². The molecule has 0 saturated heterocycles. The Labute approximate surface area is 124 Å². The van der Waals surface area contributed by atoms with Crippen LogP contribution in [0, 0.1) is 0 Å². The lowest BCUT2D eigenvalue weighted by Crippen LogP contribution is -2.12. The summed E-state index contributed by atoms with van der Waals surface area (Å²) >= 11 is 0. The quantitative estimate of drug-likeness (QED) is 0.860. The molecular weight excluding hydrogens is 262 g/mol. The highest BCUT2D eigenvalue weighted by molar-refractivity contribution is 5.76. The molecule has 2 aromatic carbocycles. The molecule has 3 heteroatoms. The fraction of sp³-hybridized carbons (Fsp3) is 0.333. The lowest BCUT2D eigenvalue weighted by atomic mass is 9.93. The van der Waals surface area contributed by atoms with Crippen LogP contribution in [0.5, 0.6) is 11.5 Å². The summed E-state index contributed by atoms with van der Waals surface area (Å²) in [6.07, 6.45) is 3.26. The van der Waals surface area contributed by atoms with Gasteiger partial charge in [-0.25, -0.2) is 0 Å². The molecule has 108 valence electrons. The smallest absolute Gasteiger partial charge is 0.161 e. The molecule has 2 heterocycles. The molecule has 0 aromatic heterocycles. The van der Waals surface area contributed by atoms with Gasteiger partial charge >= 0.3 is 0 Å². The highest BCUT2D eigenvalue weighted by atomic mass is 16.5. The molecule has 1 N–H and O–H groups in total. The van der Waals surface area contributed by atoms with E-state index in [0.29, 0.717) is 0 Å². The van der Waals surface area contributed by atoms with Gasteiger partial charge in [-0.2, -0.15) is 0 Å². The zero-order valence-corrected chi connectivity index (χ0v) is 12.0. The third kappa shape index (κ3) is 2.33. The molecule has 2 aromatic rings. The Morgan fingerprint density at radius 3 is 2.76 bits per heavy atom. The van der Waals surface area contributed by atoms with E-state index in [9.17, 15) is 0 Å². The van der Waals surface area contributed by atoms with Crippen molar-refractivity contribution in [1.29, 1.82) is 0 Å². The van der Waals surface area contributed by atoms with Gasteiger partial charge in [-0.05, 0) is 47.7 Å². The van der Waals surface area contributed by atoms with Crippen LogP contribution in [0.4, 0.5) is 5.69 Å². The summed E-state index contributed by atoms with van der Waals surface area (Å²) in [5.74, 6) is 1.73. The van der Waals surface area contributed by atoms with E-state index in [1.165, 1.54) is 28.8 Å². The molecule has 0 fully saturated rings. The Balaban J connectivity index is 1.79. The van der Waals surface area contributed by atoms with Crippen LogP contribution in [-0.2, 0) is 6.42 Å². The average Bonchev–Trinajstić information content (AvgIpc) is 2.79. The zero-order valence-electron chi connectivity index (χ0n) is 12.0. The van der Waals surface area contributed by atoms with E-state index in [2.05, 4.69) is 35.6 Å². The zero-order chi connectivity index (χ0) is 14.1. The van der Waals surface area contributed by atoms with Crippen LogP contribution in [0.1, 0.15) is 18.4 Å².